The van der Waals surface area contributed by atoms with E-state index >= 15 is 0 Å². The average Bonchev–Trinajstić information content (AvgIpc) is 3.01. The molecule has 0 saturated heterocycles. The molecule has 1 aliphatic heterocycles. The third-order valence-electron chi connectivity index (χ3n) is 4.43. The molecule has 4 rings (SSSR count). The van der Waals surface area contributed by atoms with Crippen molar-refractivity contribution in [2.45, 2.75) is 6.92 Å². The molecule has 0 saturated carbocycles. The van der Waals surface area contributed by atoms with E-state index in [-0.39, 0.29) is 11.7 Å². The molecule has 3 aromatic carbocycles. The highest BCUT2D eigenvalue weighted by atomic mass is 79.9. The number of hydrogen-bond donors (Lipinski definition) is 0. The normalized spacial score (nSPS) is 15.2. The number of halogens is 2. The highest BCUT2D eigenvalue weighted by Crippen LogP contribution is 2.28. The summed E-state index contributed by atoms with van der Waals surface area (Å²) in [5, 5.41) is 0. The molecule has 0 fully saturated rings. The summed E-state index contributed by atoms with van der Waals surface area (Å²) in [7, 11) is 0. The molecule has 5 heteroatoms. The zero-order chi connectivity index (χ0) is 19.7. The minimum atomic E-state index is -0.352. The molecule has 1 heterocycles. The van der Waals surface area contributed by atoms with Crippen molar-refractivity contribution in [2.24, 2.45) is 4.99 Å². The quantitative estimate of drug-likeness (QED) is 0.484. The zero-order valence-electron chi connectivity index (χ0n) is 15.1. The first-order valence-electron chi connectivity index (χ1n) is 8.74. The van der Waals surface area contributed by atoms with Crippen LogP contribution in [0.25, 0.3) is 6.08 Å². The summed E-state index contributed by atoms with van der Waals surface area (Å²) < 4.78 is 14.3. The lowest BCUT2D eigenvalue weighted by atomic mass is 10.1. The van der Waals surface area contributed by atoms with Crippen molar-refractivity contribution in [3.63, 3.8) is 0 Å². The predicted molar refractivity (Wildman–Crippen MR) is 114 cm³/mol. The second-order valence-corrected chi connectivity index (χ2v) is 7.42. The van der Waals surface area contributed by atoms with Gasteiger partial charge in [-0.25, -0.2) is 9.38 Å². The minimum Gasteiger partial charge on any atom is -0.266 e. The lowest BCUT2D eigenvalue weighted by Crippen LogP contribution is -2.32. The maximum absolute atomic E-state index is 13.4. The average molecular weight is 435 g/mol. The van der Waals surface area contributed by atoms with Gasteiger partial charge in [0.2, 0.25) is 0 Å². The molecule has 28 heavy (non-hydrogen) atoms. The number of nitrogens with zero attached hydrogens (tertiary/aromatic N) is 2. The monoisotopic (exact) mass is 434 g/mol. The molecular formula is C23H16BrFN2O. The van der Waals surface area contributed by atoms with Crippen LogP contribution in [-0.2, 0) is 4.79 Å². The Balaban J connectivity index is 1.81. The van der Waals surface area contributed by atoms with Crippen molar-refractivity contribution in [1.82, 2.24) is 0 Å². The van der Waals surface area contributed by atoms with E-state index < -0.39 is 0 Å². The summed E-state index contributed by atoms with van der Waals surface area (Å²) in [5.74, 6) is -0.0695. The number of carbonyl (C=O) groups excluding carboxylic acids is 1. The molecule has 0 atom stereocenters. The Bertz CT molecular complexity index is 1080. The maximum Gasteiger partial charge on any atom is 0.282 e. The molecule has 0 aliphatic carbocycles. The highest BCUT2D eigenvalue weighted by molar-refractivity contribution is 9.10. The summed E-state index contributed by atoms with van der Waals surface area (Å²) in [6.45, 7) is 2.00. The third kappa shape index (κ3) is 3.66. The summed E-state index contributed by atoms with van der Waals surface area (Å²) in [6, 6.07) is 21.3. The van der Waals surface area contributed by atoms with E-state index in [0.717, 1.165) is 21.2 Å². The van der Waals surface area contributed by atoms with Crippen LogP contribution in [0.5, 0.6) is 0 Å². The number of hydrogen-bond acceptors (Lipinski definition) is 2. The van der Waals surface area contributed by atoms with Crippen LogP contribution in [0.1, 0.15) is 16.7 Å². The van der Waals surface area contributed by atoms with Gasteiger partial charge < -0.3 is 0 Å². The Morgan fingerprint density at radius 3 is 2.21 bits per heavy atom. The topological polar surface area (TPSA) is 32.7 Å². The van der Waals surface area contributed by atoms with E-state index in [1.54, 1.807) is 18.2 Å². The summed E-state index contributed by atoms with van der Waals surface area (Å²) >= 11 is 3.41. The third-order valence-corrected chi connectivity index (χ3v) is 4.96. The van der Waals surface area contributed by atoms with Crippen molar-refractivity contribution in [3.05, 3.63) is 105 Å². The fourth-order valence-electron chi connectivity index (χ4n) is 2.96. The first-order valence-corrected chi connectivity index (χ1v) is 9.53. The van der Waals surface area contributed by atoms with Crippen LogP contribution in [0, 0.1) is 12.7 Å². The van der Waals surface area contributed by atoms with Gasteiger partial charge in [-0.15, -0.1) is 0 Å². The van der Waals surface area contributed by atoms with Crippen LogP contribution >= 0.6 is 15.9 Å². The molecule has 0 aromatic heterocycles. The second kappa shape index (κ2) is 7.52. The zero-order valence-corrected chi connectivity index (χ0v) is 16.7. The Morgan fingerprint density at radius 1 is 0.929 bits per heavy atom. The van der Waals surface area contributed by atoms with Crippen molar-refractivity contribution < 1.29 is 9.18 Å². The van der Waals surface area contributed by atoms with Gasteiger partial charge in [-0.3, -0.25) is 9.69 Å². The molecule has 3 nitrogen and oxygen atoms in total. The standard InChI is InChI=1S/C23H16BrFN2O/c1-15-2-6-17(7-3-15)22-26-21(14-16-4-8-18(24)9-5-16)23(28)27(22)20-12-10-19(25)11-13-20/h2-14H,1H3/b21-14+. The van der Waals surface area contributed by atoms with E-state index in [4.69, 9.17) is 0 Å². The summed E-state index contributed by atoms with van der Waals surface area (Å²) in [6.07, 6.45) is 1.76. The van der Waals surface area contributed by atoms with Crippen LogP contribution in [0.4, 0.5) is 10.1 Å². The van der Waals surface area contributed by atoms with Gasteiger partial charge in [0.15, 0.2) is 0 Å². The molecule has 3 aromatic rings. The number of aryl methyl sites for hydroxylation is 1. The number of amidine groups is 1. The number of carbonyl (C=O) groups is 1. The van der Waals surface area contributed by atoms with Crippen LogP contribution in [-0.4, -0.2) is 11.7 Å². The molecule has 138 valence electrons. The number of anilines is 1. The fourth-order valence-corrected chi connectivity index (χ4v) is 3.22. The maximum atomic E-state index is 13.4. The van der Waals surface area contributed by atoms with E-state index in [1.165, 1.54) is 17.0 Å². The molecule has 1 aliphatic rings. The molecule has 0 N–H and O–H groups in total. The Labute approximate surface area is 171 Å². The summed E-state index contributed by atoms with van der Waals surface area (Å²) in [4.78, 5) is 19.3. The lowest BCUT2D eigenvalue weighted by molar-refractivity contribution is -0.113. The number of aliphatic imine (C=N–C) groups is 1. The van der Waals surface area contributed by atoms with Crippen molar-refractivity contribution in [2.75, 3.05) is 4.90 Å². The van der Waals surface area contributed by atoms with E-state index in [0.29, 0.717) is 17.2 Å². The van der Waals surface area contributed by atoms with Crippen molar-refractivity contribution in [1.29, 1.82) is 0 Å². The van der Waals surface area contributed by atoms with Crippen LogP contribution in [0.3, 0.4) is 0 Å². The van der Waals surface area contributed by atoms with Crippen LogP contribution in [0.15, 0.2) is 88.0 Å². The summed E-state index contributed by atoms with van der Waals surface area (Å²) in [5.41, 5.74) is 3.72. The van der Waals surface area contributed by atoms with Gasteiger partial charge >= 0.3 is 0 Å². The van der Waals surface area contributed by atoms with E-state index in [1.807, 2.05) is 55.5 Å². The first-order chi connectivity index (χ1) is 13.5. The van der Waals surface area contributed by atoms with E-state index in [9.17, 15) is 9.18 Å². The number of benzene rings is 3. The van der Waals surface area contributed by atoms with Gasteiger partial charge in [-0.05, 0) is 55.0 Å². The molecule has 0 spiro atoms. The lowest BCUT2D eigenvalue weighted by Gasteiger charge is -2.18. The Morgan fingerprint density at radius 2 is 1.57 bits per heavy atom. The number of amides is 1. The largest absolute Gasteiger partial charge is 0.282 e. The minimum absolute atomic E-state index is 0.245. The van der Waals surface area contributed by atoms with Crippen LogP contribution in [0.2, 0.25) is 0 Å². The van der Waals surface area contributed by atoms with Gasteiger partial charge in [0.1, 0.15) is 17.3 Å². The Hall–Kier alpha value is -3.05. The van der Waals surface area contributed by atoms with Crippen LogP contribution < -0.4 is 4.90 Å². The Kier molecular flexibility index (Phi) is 4.92. The van der Waals surface area contributed by atoms with Gasteiger partial charge in [0.25, 0.3) is 5.91 Å². The second-order valence-electron chi connectivity index (χ2n) is 6.50. The fraction of sp³-hybridized carbons (Fsp3) is 0.0435. The van der Waals surface area contributed by atoms with Gasteiger partial charge in [-0.1, -0.05) is 57.9 Å². The van der Waals surface area contributed by atoms with Crippen molar-refractivity contribution >= 4 is 39.4 Å². The van der Waals surface area contributed by atoms with Gasteiger partial charge in [-0.2, -0.15) is 0 Å². The van der Waals surface area contributed by atoms with Gasteiger partial charge in [0, 0.05) is 10.0 Å². The predicted octanol–water partition coefficient (Wildman–Crippen LogP) is 5.73. The number of rotatable bonds is 3. The smallest absolute Gasteiger partial charge is 0.266 e. The molecular weight excluding hydrogens is 419 g/mol. The van der Waals surface area contributed by atoms with E-state index in [2.05, 4.69) is 20.9 Å². The molecule has 0 bridgehead atoms. The molecule has 0 unspecified atom stereocenters. The van der Waals surface area contributed by atoms with Crippen molar-refractivity contribution in [3.8, 4) is 0 Å². The molecule has 1 amide bonds. The SMILES string of the molecule is Cc1ccc(C2=N/C(=C/c3ccc(Br)cc3)C(=O)N2c2ccc(F)cc2)cc1. The molecule has 0 radical (unpaired) electrons. The highest BCUT2D eigenvalue weighted by Gasteiger charge is 2.32. The van der Waals surface area contributed by atoms with Gasteiger partial charge in [0.05, 0.1) is 5.69 Å². The first kappa shape index (κ1) is 18.3.